The Kier molecular flexibility index (Phi) is 6.39. The summed E-state index contributed by atoms with van der Waals surface area (Å²) in [5.74, 6) is 2.03. The van der Waals surface area contributed by atoms with E-state index in [4.69, 9.17) is 9.47 Å². The van der Waals surface area contributed by atoms with E-state index in [1.54, 1.807) is 7.11 Å². The van der Waals surface area contributed by atoms with Gasteiger partial charge in [0, 0.05) is 24.8 Å². The Morgan fingerprint density at radius 1 is 1.15 bits per heavy atom. The third-order valence-corrected chi connectivity index (χ3v) is 6.79. The zero-order valence-electron chi connectivity index (χ0n) is 19.0. The first-order valence-electron chi connectivity index (χ1n) is 11.8. The molecule has 0 radical (unpaired) electrons. The minimum Gasteiger partial charge on any atom is -0.482 e. The maximum atomic E-state index is 11.5. The summed E-state index contributed by atoms with van der Waals surface area (Å²) in [5, 5.41) is 6.58. The van der Waals surface area contributed by atoms with Gasteiger partial charge in [0.2, 0.25) is 5.88 Å². The number of hydrogen-bond donors (Lipinski definition) is 2. The number of aromatic nitrogens is 2. The summed E-state index contributed by atoms with van der Waals surface area (Å²) in [7, 11) is 1.65. The van der Waals surface area contributed by atoms with Crippen molar-refractivity contribution in [3.05, 3.63) is 53.7 Å². The first kappa shape index (κ1) is 21.6. The SMILES string of the molecule is COc1ccc2nccc(CC[C@H]3CC[C@H](NCc4ccc5c(c4)NC(=O)CO5)CC3)c2n1. The highest BCUT2D eigenvalue weighted by molar-refractivity contribution is 5.95. The van der Waals surface area contributed by atoms with Gasteiger partial charge in [-0.1, -0.05) is 6.07 Å². The number of amides is 1. The Hall–Kier alpha value is -3.19. The summed E-state index contributed by atoms with van der Waals surface area (Å²) >= 11 is 0. The molecule has 1 amide bonds. The molecule has 3 heterocycles. The molecular weight excluding hydrogens is 416 g/mol. The third-order valence-electron chi connectivity index (χ3n) is 6.79. The lowest BCUT2D eigenvalue weighted by Gasteiger charge is -2.29. The van der Waals surface area contributed by atoms with Crippen LogP contribution in [0.5, 0.6) is 11.6 Å². The molecule has 2 aliphatic rings. The molecule has 0 spiro atoms. The van der Waals surface area contributed by atoms with Gasteiger partial charge >= 0.3 is 0 Å². The van der Waals surface area contributed by atoms with Gasteiger partial charge in [0.15, 0.2) is 6.61 Å². The lowest BCUT2D eigenvalue weighted by Crippen LogP contribution is -2.33. The fourth-order valence-electron chi connectivity index (χ4n) is 4.89. The largest absolute Gasteiger partial charge is 0.482 e. The van der Waals surface area contributed by atoms with E-state index in [0.29, 0.717) is 11.9 Å². The molecule has 1 aliphatic carbocycles. The van der Waals surface area contributed by atoms with Gasteiger partial charge in [-0.05, 0) is 79.8 Å². The number of carbonyl (C=O) groups is 1. The van der Waals surface area contributed by atoms with Gasteiger partial charge in [-0.25, -0.2) is 4.98 Å². The van der Waals surface area contributed by atoms with Gasteiger partial charge in [-0.2, -0.15) is 0 Å². The van der Waals surface area contributed by atoms with Crippen molar-refractivity contribution < 1.29 is 14.3 Å². The van der Waals surface area contributed by atoms with Crippen LogP contribution < -0.4 is 20.1 Å². The Bertz CT molecular complexity index is 1140. The van der Waals surface area contributed by atoms with Crippen LogP contribution in [-0.4, -0.2) is 35.6 Å². The zero-order chi connectivity index (χ0) is 22.6. The molecule has 0 atom stereocenters. The molecule has 0 unspecified atom stereocenters. The number of fused-ring (bicyclic) bond motifs is 2. The van der Waals surface area contributed by atoms with Crippen molar-refractivity contribution in [3.63, 3.8) is 0 Å². The Balaban J connectivity index is 1.11. The molecule has 7 heteroatoms. The molecule has 5 rings (SSSR count). The second-order valence-corrected chi connectivity index (χ2v) is 9.00. The molecule has 0 bridgehead atoms. The Morgan fingerprint density at radius 3 is 2.88 bits per heavy atom. The highest BCUT2D eigenvalue weighted by atomic mass is 16.5. The predicted octanol–water partition coefficient (Wildman–Crippen LogP) is 4.25. The van der Waals surface area contributed by atoms with E-state index in [0.717, 1.165) is 46.9 Å². The fourth-order valence-corrected chi connectivity index (χ4v) is 4.89. The van der Waals surface area contributed by atoms with Crippen LogP contribution in [0.25, 0.3) is 11.0 Å². The second-order valence-electron chi connectivity index (χ2n) is 9.00. The molecule has 0 saturated heterocycles. The lowest BCUT2D eigenvalue weighted by atomic mass is 9.82. The maximum Gasteiger partial charge on any atom is 0.262 e. The van der Waals surface area contributed by atoms with Gasteiger partial charge in [-0.3, -0.25) is 9.78 Å². The van der Waals surface area contributed by atoms with Gasteiger partial charge in [0.1, 0.15) is 5.75 Å². The number of rotatable bonds is 7. The lowest BCUT2D eigenvalue weighted by molar-refractivity contribution is -0.118. The number of nitrogens with zero attached hydrogens (tertiary/aromatic N) is 2. The zero-order valence-corrected chi connectivity index (χ0v) is 19.0. The summed E-state index contributed by atoms with van der Waals surface area (Å²) in [6.45, 7) is 0.894. The maximum absolute atomic E-state index is 11.5. The first-order valence-corrected chi connectivity index (χ1v) is 11.8. The highest BCUT2D eigenvalue weighted by Gasteiger charge is 2.22. The monoisotopic (exact) mass is 446 g/mol. The van der Waals surface area contributed by atoms with Crippen LogP contribution in [0.1, 0.15) is 43.2 Å². The van der Waals surface area contributed by atoms with E-state index in [1.807, 2.05) is 30.5 Å². The van der Waals surface area contributed by atoms with E-state index in [-0.39, 0.29) is 12.5 Å². The normalized spacial score (nSPS) is 20.1. The van der Waals surface area contributed by atoms with E-state index in [1.165, 1.54) is 37.7 Å². The van der Waals surface area contributed by atoms with E-state index in [9.17, 15) is 4.79 Å². The molecule has 1 fully saturated rings. The predicted molar refractivity (Wildman–Crippen MR) is 128 cm³/mol. The van der Waals surface area contributed by atoms with E-state index < -0.39 is 0 Å². The number of nitrogens with one attached hydrogen (secondary N) is 2. The van der Waals surface area contributed by atoms with Crippen molar-refractivity contribution in [2.24, 2.45) is 5.92 Å². The summed E-state index contributed by atoms with van der Waals surface area (Å²) < 4.78 is 10.7. The van der Waals surface area contributed by atoms with Crippen molar-refractivity contribution >= 4 is 22.6 Å². The first-order chi connectivity index (χ1) is 16.2. The van der Waals surface area contributed by atoms with E-state index >= 15 is 0 Å². The van der Waals surface area contributed by atoms with Crippen LogP contribution in [0.3, 0.4) is 0 Å². The number of benzene rings is 1. The van der Waals surface area contributed by atoms with Crippen LogP contribution in [0, 0.1) is 5.92 Å². The fraction of sp³-hybridized carbons (Fsp3) is 0.423. The van der Waals surface area contributed by atoms with Crippen LogP contribution in [0.4, 0.5) is 5.69 Å². The van der Waals surface area contributed by atoms with Crippen LogP contribution in [-0.2, 0) is 17.8 Å². The summed E-state index contributed by atoms with van der Waals surface area (Å²) in [5.41, 5.74) is 5.06. The molecule has 33 heavy (non-hydrogen) atoms. The second kappa shape index (κ2) is 9.75. The van der Waals surface area contributed by atoms with Gasteiger partial charge < -0.3 is 20.1 Å². The van der Waals surface area contributed by atoms with Crippen molar-refractivity contribution in [3.8, 4) is 11.6 Å². The summed E-state index contributed by atoms with van der Waals surface area (Å²) in [6.07, 6.45) is 8.94. The van der Waals surface area contributed by atoms with Gasteiger partial charge in [-0.15, -0.1) is 0 Å². The number of methoxy groups -OCH3 is 1. The van der Waals surface area contributed by atoms with Crippen molar-refractivity contribution in [2.45, 2.75) is 51.1 Å². The number of hydrogen-bond acceptors (Lipinski definition) is 6. The summed E-state index contributed by atoms with van der Waals surface area (Å²) in [4.78, 5) is 20.6. The average molecular weight is 447 g/mol. The molecule has 2 N–H and O–H groups in total. The van der Waals surface area contributed by atoms with E-state index in [2.05, 4.69) is 32.7 Å². The molecule has 2 aromatic heterocycles. The molecule has 1 aliphatic heterocycles. The van der Waals surface area contributed by atoms with Gasteiger partial charge in [0.25, 0.3) is 5.91 Å². The average Bonchev–Trinajstić information content (AvgIpc) is 2.86. The van der Waals surface area contributed by atoms with Crippen LogP contribution in [0.2, 0.25) is 0 Å². The minimum absolute atomic E-state index is 0.0932. The highest BCUT2D eigenvalue weighted by Crippen LogP contribution is 2.31. The standard InChI is InChI=1S/C26H30N4O3/c1-32-25-11-9-21-26(30-25)19(12-13-27-21)6-2-17-3-7-20(8-4-17)28-15-18-5-10-23-22(14-18)29-24(31)16-33-23/h5,9-14,17,20,28H,2-4,6-8,15-16H2,1H3,(H,29,31)/t17-,20-. The number of anilines is 1. The van der Waals surface area contributed by atoms with Crippen LogP contribution >= 0.6 is 0 Å². The number of ether oxygens (including phenoxy) is 2. The number of aryl methyl sites for hydroxylation is 1. The quantitative estimate of drug-likeness (QED) is 0.564. The van der Waals surface area contributed by atoms with Crippen molar-refractivity contribution in [1.29, 1.82) is 0 Å². The van der Waals surface area contributed by atoms with Crippen LogP contribution in [0.15, 0.2) is 42.6 Å². The molecular formula is C26H30N4O3. The molecule has 7 nitrogen and oxygen atoms in total. The smallest absolute Gasteiger partial charge is 0.262 e. The summed E-state index contributed by atoms with van der Waals surface area (Å²) in [6, 6.07) is 12.5. The van der Waals surface area contributed by atoms with Crippen molar-refractivity contribution in [2.75, 3.05) is 19.0 Å². The minimum atomic E-state index is -0.0967. The molecule has 1 saturated carbocycles. The number of carbonyl (C=O) groups excluding carboxylic acids is 1. The number of pyridine rings is 2. The third kappa shape index (κ3) is 5.09. The molecule has 3 aromatic rings. The topological polar surface area (TPSA) is 85.4 Å². The molecule has 1 aromatic carbocycles. The Morgan fingerprint density at radius 2 is 2.03 bits per heavy atom. The molecule has 172 valence electrons. The Labute approximate surface area is 193 Å². The van der Waals surface area contributed by atoms with Gasteiger partial charge in [0.05, 0.1) is 23.8 Å². The van der Waals surface area contributed by atoms with Crippen molar-refractivity contribution in [1.82, 2.24) is 15.3 Å².